The molecule has 0 aliphatic heterocycles. The van der Waals surface area contributed by atoms with Crippen molar-refractivity contribution in [2.24, 2.45) is 35.5 Å². The topological polar surface area (TPSA) is 0 Å². The molecule has 5 unspecified atom stereocenters. The fourth-order valence-corrected chi connectivity index (χ4v) is 3.54. The minimum atomic E-state index is 0.898. The lowest BCUT2D eigenvalue weighted by Crippen LogP contribution is -2.30. The SMILES string of the molecule is CCC(CC1C(C)C2CC12)C(C)C. The van der Waals surface area contributed by atoms with Crippen molar-refractivity contribution in [2.75, 3.05) is 0 Å². The highest BCUT2D eigenvalue weighted by Gasteiger charge is 2.58. The molecule has 0 bridgehead atoms. The first-order chi connectivity index (χ1) is 6.15. The Labute approximate surface area is 83.1 Å². The Hall–Kier alpha value is 0. The van der Waals surface area contributed by atoms with Crippen LogP contribution in [0.15, 0.2) is 0 Å². The molecule has 0 nitrogen and oxygen atoms in total. The van der Waals surface area contributed by atoms with Gasteiger partial charge in [0.25, 0.3) is 0 Å². The van der Waals surface area contributed by atoms with Crippen LogP contribution < -0.4 is 0 Å². The third-order valence-electron chi connectivity index (χ3n) is 4.83. The maximum absolute atomic E-state index is 2.48. The van der Waals surface area contributed by atoms with E-state index in [-0.39, 0.29) is 0 Å². The van der Waals surface area contributed by atoms with Crippen LogP contribution >= 0.6 is 0 Å². The van der Waals surface area contributed by atoms with Crippen LogP contribution in [0, 0.1) is 35.5 Å². The molecule has 0 saturated heterocycles. The van der Waals surface area contributed by atoms with Crippen LogP contribution in [0.5, 0.6) is 0 Å². The van der Waals surface area contributed by atoms with E-state index in [1.54, 1.807) is 6.42 Å². The highest BCUT2D eigenvalue weighted by Crippen LogP contribution is 2.65. The Balaban J connectivity index is 1.82. The zero-order valence-electron chi connectivity index (χ0n) is 9.59. The number of rotatable bonds is 4. The van der Waals surface area contributed by atoms with Gasteiger partial charge in [-0.3, -0.25) is 0 Å². The molecule has 0 amide bonds. The Morgan fingerprint density at radius 1 is 1.23 bits per heavy atom. The van der Waals surface area contributed by atoms with Gasteiger partial charge in [0.05, 0.1) is 0 Å². The van der Waals surface area contributed by atoms with Crippen LogP contribution in [0.2, 0.25) is 0 Å². The molecule has 0 aromatic carbocycles. The van der Waals surface area contributed by atoms with Crippen LogP contribution in [-0.4, -0.2) is 0 Å². The van der Waals surface area contributed by atoms with E-state index in [4.69, 9.17) is 0 Å². The van der Waals surface area contributed by atoms with Gasteiger partial charge in [0, 0.05) is 0 Å². The summed E-state index contributed by atoms with van der Waals surface area (Å²) < 4.78 is 0. The van der Waals surface area contributed by atoms with Gasteiger partial charge in [-0.2, -0.15) is 0 Å². The van der Waals surface area contributed by atoms with E-state index in [1.165, 1.54) is 18.8 Å². The van der Waals surface area contributed by atoms with Crippen molar-refractivity contribution in [1.29, 1.82) is 0 Å². The molecule has 2 aliphatic rings. The van der Waals surface area contributed by atoms with Crippen LogP contribution in [-0.2, 0) is 0 Å². The molecule has 2 aliphatic carbocycles. The maximum Gasteiger partial charge on any atom is -0.0349 e. The van der Waals surface area contributed by atoms with Gasteiger partial charge >= 0.3 is 0 Å². The molecular formula is C13H24. The molecular weight excluding hydrogens is 156 g/mol. The van der Waals surface area contributed by atoms with Crippen LogP contribution in [0.25, 0.3) is 0 Å². The van der Waals surface area contributed by atoms with Crippen molar-refractivity contribution in [2.45, 2.75) is 47.0 Å². The molecule has 0 heteroatoms. The van der Waals surface area contributed by atoms with Crippen molar-refractivity contribution in [3.63, 3.8) is 0 Å². The summed E-state index contributed by atoms with van der Waals surface area (Å²) in [6.45, 7) is 9.62. The molecule has 0 radical (unpaired) electrons. The van der Waals surface area contributed by atoms with E-state index >= 15 is 0 Å². The van der Waals surface area contributed by atoms with E-state index < -0.39 is 0 Å². The lowest BCUT2D eigenvalue weighted by atomic mass is 9.69. The number of hydrogen-bond donors (Lipinski definition) is 0. The molecule has 0 aromatic rings. The summed E-state index contributed by atoms with van der Waals surface area (Å²) >= 11 is 0. The zero-order chi connectivity index (χ0) is 9.59. The fraction of sp³-hybridized carbons (Fsp3) is 1.00. The van der Waals surface area contributed by atoms with Gasteiger partial charge in [0.2, 0.25) is 0 Å². The summed E-state index contributed by atoms with van der Waals surface area (Å²) in [6, 6.07) is 0. The molecule has 5 atom stereocenters. The van der Waals surface area contributed by atoms with Crippen LogP contribution in [0.1, 0.15) is 47.0 Å². The number of fused-ring (bicyclic) bond motifs is 1. The highest BCUT2D eigenvalue weighted by atomic mass is 14.6. The van der Waals surface area contributed by atoms with E-state index in [2.05, 4.69) is 27.7 Å². The molecule has 0 aromatic heterocycles. The molecule has 0 spiro atoms. The molecule has 2 saturated carbocycles. The second-order valence-corrected chi connectivity index (χ2v) is 5.73. The summed E-state index contributed by atoms with van der Waals surface area (Å²) in [5, 5.41) is 0. The lowest BCUT2D eigenvalue weighted by Gasteiger charge is -2.36. The average Bonchev–Trinajstić information content (AvgIpc) is 2.80. The molecule has 0 heterocycles. The molecule has 2 rings (SSSR count). The van der Waals surface area contributed by atoms with Gasteiger partial charge in [-0.25, -0.2) is 0 Å². The van der Waals surface area contributed by atoms with Gasteiger partial charge in [-0.05, 0) is 48.3 Å². The standard InChI is InChI=1S/C13H24/c1-5-10(8(2)3)6-11-9(4)12-7-13(11)12/h8-13H,5-7H2,1-4H3. The van der Waals surface area contributed by atoms with Gasteiger partial charge < -0.3 is 0 Å². The Morgan fingerprint density at radius 2 is 1.92 bits per heavy atom. The summed E-state index contributed by atoms with van der Waals surface area (Å²) in [4.78, 5) is 0. The van der Waals surface area contributed by atoms with Crippen molar-refractivity contribution in [3.05, 3.63) is 0 Å². The van der Waals surface area contributed by atoms with E-state index in [9.17, 15) is 0 Å². The minimum Gasteiger partial charge on any atom is -0.0651 e. The molecule has 2 fully saturated rings. The maximum atomic E-state index is 2.48. The second kappa shape index (κ2) is 3.29. The highest BCUT2D eigenvalue weighted by molar-refractivity contribution is 5.07. The molecule has 76 valence electrons. The third-order valence-corrected chi connectivity index (χ3v) is 4.83. The first kappa shape index (κ1) is 9.55. The predicted molar refractivity (Wildman–Crippen MR) is 57.5 cm³/mol. The molecule has 0 N–H and O–H groups in total. The van der Waals surface area contributed by atoms with Crippen molar-refractivity contribution in [1.82, 2.24) is 0 Å². The lowest BCUT2D eigenvalue weighted by molar-refractivity contribution is 0.121. The number of hydrogen-bond acceptors (Lipinski definition) is 0. The summed E-state index contributed by atoms with van der Waals surface area (Å²) in [7, 11) is 0. The van der Waals surface area contributed by atoms with Gasteiger partial charge in [-0.1, -0.05) is 34.1 Å². The Bertz CT molecular complexity index is 180. The van der Waals surface area contributed by atoms with Crippen LogP contribution in [0.3, 0.4) is 0 Å². The quantitative estimate of drug-likeness (QED) is 0.614. The van der Waals surface area contributed by atoms with Crippen molar-refractivity contribution < 1.29 is 0 Å². The minimum absolute atomic E-state index is 0.898. The summed E-state index contributed by atoms with van der Waals surface area (Å²) in [5.74, 6) is 6.40. The van der Waals surface area contributed by atoms with Crippen molar-refractivity contribution in [3.8, 4) is 0 Å². The summed E-state index contributed by atoms with van der Waals surface area (Å²) in [5.41, 5.74) is 0. The first-order valence-electron chi connectivity index (χ1n) is 6.15. The Morgan fingerprint density at radius 3 is 2.31 bits per heavy atom. The monoisotopic (exact) mass is 180 g/mol. The fourth-order valence-electron chi connectivity index (χ4n) is 3.54. The smallest absolute Gasteiger partial charge is 0.0349 e. The first-order valence-corrected chi connectivity index (χ1v) is 6.15. The second-order valence-electron chi connectivity index (χ2n) is 5.73. The van der Waals surface area contributed by atoms with E-state index in [0.717, 1.165) is 29.6 Å². The summed E-state index contributed by atoms with van der Waals surface area (Å²) in [6.07, 6.45) is 4.48. The van der Waals surface area contributed by atoms with Crippen LogP contribution in [0.4, 0.5) is 0 Å². The van der Waals surface area contributed by atoms with Gasteiger partial charge in [-0.15, -0.1) is 0 Å². The average molecular weight is 180 g/mol. The zero-order valence-corrected chi connectivity index (χ0v) is 9.59. The largest absolute Gasteiger partial charge is 0.0651 e. The van der Waals surface area contributed by atoms with E-state index in [1.807, 2.05) is 0 Å². The van der Waals surface area contributed by atoms with Gasteiger partial charge in [0.15, 0.2) is 0 Å². The molecule has 13 heavy (non-hydrogen) atoms. The third kappa shape index (κ3) is 1.53. The van der Waals surface area contributed by atoms with E-state index in [0.29, 0.717) is 0 Å². The normalized spacial score (nSPS) is 44.1. The Kier molecular flexibility index (Phi) is 2.42. The van der Waals surface area contributed by atoms with Gasteiger partial charge in [0.1, 0.15) is 0 Å². The van der Waals surface area contributed by atoms with Crippen molar-refractivity contribution >= 4 is 0 Å². The predicted octanol–water partition coefficient (Wildman–Crippen LogP) is 3.96.